The van der Waals surface area contributed by atoms with Gasteiger partial charge in [0.25, 0.3) is 0 Å². The molecule has 1 N–H and O–H groups in total. The summed E-state index contributed by atoms with van der Waals surface area (Å²) in [6.45, 7) is 3.79. The number of unbranched alkanes of at least 4 members (excludes halogenated alkanes) is 6. The molecule has 0 aromatic heterocycles. The van der Waals surface area contributed by atoms with Crippen molar-refractivity contribution in [3.05, 3.63) is 0 Å². The number of hydrogen-bond acceptors (Lipinski definition) is 2. The summed E-state index contributed by atoms with van der Waals surface area (Å²) < 4.78 is 0. The molecule has 104 valence electrons. The van der Waals surface area contributed by atoms with E-state index in [-0.39, 0.29) is 18.4 Å². The molecule has 1 aliphatic rings. The number of hydrogen-bond donors (Lipinski definition) is 1. The first-order chi connectivity index (χ1) is 8.74. The lowest BCUT2D eigenvalue weighted by Gasteiger charge is -2.19. The Kier molecular flexibility index (Phi) is 7.46. The Labute approximate surface area is 110 Å². The topological polar surface area (TPSA) is 49.4 Å². The highest BCUT2D eigenvalue weighted by atomic mass is 16.2. The number of carbonyl (C=O) groups is 2. The largest absolute Gasteiger partial charge is 0.347 e. The van der Waals surface area contributed by atoms with E-state index in [0.29, 0.717) is 13.0 Å². The van der Waals surface area contributed by atoms with Crippen molar-refractivity contribution < 1.29 is 9.59 Å². The third kappa shape index (κ3) is 6.03. The zero-order valence-electron chi connectivity index (χ0n) is 11.5. The second-order valence-corrected chi connectivity index (χ2v) is 5.03. The van der Waals surface area contributed by atoms with Gasteiger partial charge in [-0.25, -0.2) is 0 Å². The highest BCUT2D eigenvalue weighted by Gasteiger charge is 2.18. The Balaban J connectivity index is 2.07. The molecule has 0 radical (unpaired) electrons. The summed E-state index contributed by atoms with van der Waals surface area (Å²) in [4.78, 5) is 24.7. The molecule has 1 rings (SSSR count). The maximum Gasteiger partial charge on any atom is 0.241 e. The van der Waals surface area contributed by atoms with Gasteiger partial charge in [0.1, 0.15) is 0 Å². The molecule has 0 bridgehead atoms. The molecule has 4 heteroatoms. The van der Waals surface area contributed by atoms with Gasteiger partial charge < -0.3 is 10.2 Å². The zero-order chi connectivity index (χ0) is 13.2. The Morgan fingerprint density at radius 3 is 2.44 bits per heavy atom. The van der Waals surface area contributed by atoms with Gasteiger partial charge in [-0.2, -0.15) is 0 Å². The van der Waals surface area contributed by atoms with E-state index in [4.69, 9.17) is 0 Å². The predicted octanol–water partition coefficient (Wildman–Crippen LogP) is 2.09. The van der Waals surface area contributed by atoms with E-state index in [1.807, 2.05) is 4.90 Å². The Morgan fingerprint density at radius 2 is 1.72 bits per heavy atom. The molecule has 4 nitrogen and oxygen atoms in total. The Hall–Kier alpha value is -1.06. The summed E-state index contributed by atoms with van der Waals surface area (Å²) in [5.41, 5.74) is 0. The fourth-order valence-corrected chi connectivity index (χ4v) is 2.23. The van der Waals surface area contributed by atoms with Gasteiger partial charge >= 0.3 is 0 Å². The van der Waals surface area contributed by atoms with E-state index in [9.17, 15) is 9.59 Å². The first kappa shape index (κ1) is 15.0. The van der Waals surface area contributed by atoms with Crippen LogP contribution >= 0.6 is 0 Å². The molecule has 2 amide bonds. The molecule has 1 heterocycles. The van der Waals surface area contributed by atoms with E-state index in [1.165, 1.54) is 38.5 Å². The van der Waals surface area contributed by atoms with Crippen LogP contribution in [-0.4, -0.2) is 36.3 Å². The number of nitrogens with zero attached hydrogens (tertiary/aromatic N) is 1. The molecule has 1 fully saturated rings. The summed E-state index contributed by atoms with van der Waals surface area (Å²) >= 11 is 0. The first-order valence-electron chi connectivity index (χ1n) is 7.28. The smallest absolute Gasteiger partial charge is 0.241 e. The average molecular weight is 254 g/mol. The molecule has 1 aliphatic heterocycles. The van der Waals surface area contributed by atoms with Crippen molar-refractivity contribution in [2.24, 2.45) is 0 Å². The van der Waals surface area contributed by atoms with Crippen molar-refractivity contribution in [3.63, 3.8) is 0 Å². The van der Waals surface area contributed by atoms with Gasteiger partial charge in [-0.05, 0) is 6.42 Å². The lowest BCUT2D eigenvalue weighted by Crippen LogP contribution is -2.35. The van der Waals surface area contributed by atoms with Crippen LogP contribution in [0.25, 0.3) is 0 Å². The first-order valence-corrected chi connectivity index (χ1v) is 7.28. The summed E-state index contributed by atoms with van der Waals surface area (Å²) in [6.07, 6.45) is 9.21. The van der Waals surface area contributed by atoms with Gasteiger partial charge in [0.05, 0.1) is 6.54 Å². The summed E-state index contributed by atoms with van der Waals surface area (Å²) in [5, 5.41) is 2.62. The minimum absolute atomic E-state index is 0.00887. The lowest BCUT2D eigenvalue weighted by atomic mass is 10.1. The van der Waals surface area contributed by atoms with Crippen LogP contribution in [0.5, 0.6) is 0 Å². The van der Waals surface area contributed by atoms with E-state index in [0.717, 1.165) is 13.0 Å². The van der Waals surface area contributed by atoms with Crippen LogP contribution in [0, 0.1) is 0 Å². The third-order valence-electron chi connectivity index (χ3n) is 3.43. The monoisotopic (exact) mass is 254 g/mol. The van der Waals surface area contributed by atoms with Crippen molar-refractivity contribution in [1.29, 1.82) is 0 Å². The molecule has 0 unspecified atom stereocenters. The van der Waals surface area contributed by atoms with Gasteiger partial charge in [0.2, 0.25) is 11.8 Å². The van der Waals surface area contributed by atoms with Gasteiger partial charge in [-0.1, -0.05) is 45.4 Å². The molecule has 0 spiro atoms. The van der Waals surface area contributed by atoms with Crippen LogP contribution in [-0.2, 0) is 9.59 Å². The second-order valence-electron chi connectivity index (χ2n) is 5.03. The normalized spacial score (nSPS) is 16.6. The molecular formula is C14H26N2O2. The van der Waals surface area contributed by atoms with Gasteiger partial charge in [0.15, 0.2) is 0 Å². The standard InChI is InChI=1S/C14H26N2O2/c1-2-3-4-5-6-7-8-10-16-11-9-13(17)15-12-14(16)18/h2-12H2,1H3,(H,15,17). The van der Waals surface area contributed by atoms with Crippen molar-refractivity contribution in [2.75, 3.05) is 19.6 Å². The highest BCUT2D eigenvalue weighted by Crippen LogP contribution is 2.08. The van der Waals surface area contributed by atoms with Gasteiger partial charge in [-0.15, -0.1) is 0 Å². The number of nitrogens with one attached hydrogen (secondary N) is 1. The fraction of sp³-hybridized carbons (Fsp3) is 0.857. The number of carbonyl (C=O) groups excluding carboxylic acids is 2. The molecule has 1 saturated heterocycles. The van der Waals surface area contributed by atoms with Crippen molar-refractivity contribution in [3.8, 4) is 0 Å². The summed E-state index contributed by atoms with van der Waals surface area (Å²) in [5.74, 6) is 0.0530. The molecule has 0 atom stereocenters. The molecule has 0 saturated carbocycles. The second kappa shape index (κ2) is 8.95. The van der Waals surface area contributed by atoms with Crippen LogP contribution in [0.15, 0.2) is 0 Å². The SMILES string of the molecule is CCCCCCCCCN1CCC(=O)NCC1=O. The maximum absolute atomic E-state index is 11.7. The van der Waals surface area contributed by atoms with Crippen LogP contribution in [0.2, 0.25) is 0 Å². The Bertz CT molecular complexity index is 267. The molecule has 18 heavy (non-hydrogen) atoms. The lowest BCUT2D eigenvalue weighted by molar-refractivity contribution is -0.130. The minimum atomic E-state index is -0.00887. The van der Waals surface area contributed by atoms with Crippen LogP contribution in [0.3, 0.4) is 0 Å². The van der Waals surface area contributed by atoms with Crippen LogP contribution in [0.1, 0.15) is 58.3 Å². The highest BCUT2D eigenvalue weighted by molar-refractivity contribution is 5.87. The maximum atomic E-state index is 11.7. The van der Waals surface area contributed by atoms with Crippen molar-refractivity contribution in [2.45, 2.75) is 58.3 Å². The fourth-order valence-electron chi connectivity index (χ4n) is 2.23. The zero-order valence-corrected chi connectivity index (χ0v) is 11.5. The van der Waals surface area contributed by atoms with Crippen LogP contribution in [0.4, 0.5) is 0 Å². The number of rotatable bonds is 8. The van der Waals surface area contributed by atoms with E-state index < -0.39 is 0 Å². The van der Waals surface area contributed by atoms with E-state index in [1.54, 1.807) is 0 Å². The van der Waals surface area contributed by atoms with Crippen molar-refractivity contribution >= 4 is 11.8 Å². The molecule has 0 aliphatic carbocycles. The van der Waals surface area contributed by atoms with Gasteiger partial charge in [-0.3, -0.25) is 9.59 Å². The van der Waals surface area contributed by atoms with Crippen molar-refractivity contribution in [1.82, 2.24) is 10.2 Å². The van der Waals surface area contributed by atoms with Gasteiger partial charge in [0, 0.05) is 19.5 Å². The predicted molar refractivity (Wildman–Crippen MR) is 72.2 cm³/mol. The Morgan fingerprint density at radius 1 is 1.06 bits per heavy atom. The number of amides is 2. The minimum Gasteiger partial charge on any atom is -0.347 e. The third-order valence-corrected chi connectivity index (χ3v) is 3.43. The quantitative estimate of drug-likeness (QED) is 0.674. The molecule has 0 aromatic carbocycles. The van der Waals surface area contributed by atoms with E-state index in [2.05, 4.69) is 12.2 Å². The molecule has 0 aromatic rings. The molecular weight excluding hydrogens is 228 g/mol. The van der Waals surface area contributed by atoms with Crippen LogP contribution < -0.4 is 5.32 Å². The average Bonchev–Trinajstić information content (AvgIpc) is 2.52. The summed E-state index contributed by atoms with van der Waals surface area (Å²) in [6, 6.07) is 0. The van der Waals surface area contributed by atoms with E-state index >= 15 is 0 Å². The summed E-state index contributed by atoms with van der Waals surface area (Å²) in [7, 11) is 0.